The Morgan fingerprint density at radius 1 is 0.771 bits per heavy atom. The molecular weight excluding hydrogens is 436 g/mol. The molecule has 0 aromatic heterocycles. The van der Waals surface area contributed by atoms with Crippen molar-refractivity contribution in [3.8, 4) is 17.2 Å². The Bertz CT molecular complexity index is 1470. The Morgan fingerprint density at radius 3 is 2.34 bits per heavy atom. The summed E-state index contributed by atoms with van der Waals surface area (Å²) in [4.78, 5) is 13.8. The number of hydrogen-bond acceptors (Lipinski definition) is 4. The molecule has 35 heavy (non-hydrogen) atoms. The van der Waals surface area contributed by atoms with E-state index in [0.29, 0.717) is 24.3 Å². The first-order chi connectivity index (χ1) is 17.2. The highest BCUT2D eigenvalue weighted by Gasteiger charge is 2.40. The maximum atomic E-state index is 13.8. The molecule has 0 N–H and O–H groups in total. The second-order valence-corrected chi connectivity index (χ2v) is 9.12. The second kappa shape index (κ2) is 8.62. The van der Waals surface area contributed by atoms with Gasteiger partial charge in [0, 0.05) is 29.9 Å². The molecule has 2 atom stereocenters. The van der Waals surface area contributed by atoms with Gasteiger partial charge in [0.15, 0.2) is 17.3 Å². The first-order valence-electron chi connectivity index (χ1n) is 11.9. The average molecular weight is 463 g/mol. The number of ether oxygens (including phenoxy) is 3. The number of ketones is 1. The van der Waals surface area contributed by atoms with Crippen LogP contribution in [-0.2, 0) is 4.79 Å². The molecule has 2 unspecified atom stereocenters. The van der Waals surface area contributed by atoms with Crippen LogP contribution in [0.1, 0.15) is 41.4 Å². The van der Waals surface area contributed by atoms with Crippen molar-refractivity contribution in [1.29, 1.82) is 0 Å². The standard InChI is InChI=1S/C31H26O4/c1-33-25-14-13-21(17-27(25)34-2)29-30-23-11-7-6-10-20(23)12-15-26(30)35-28-18-22(16-24(32)31(28)29)19-8-4-3-5-9-19/h3-15,17,22,29H,16,18H2,1-2H3. The van der Waals surface area contributed by atoms with Crippen LogP contribution in [0.4, 0.5) is 0 Å². The Balaban J connectivity index is 1.56. The van der Waals surface area contributed by atoms with E-state index >= 15 is 0 Å². The summed E-state index contributed by atoms with van der Waals surface area (Å²) in [6.07, 6.45) is 1.16. The molecule has 0 bridgehead atoms. The van der Waals surface area contributed by atoms with Gasteiger partial charge in [0.2, 0.25) is 0 Å². The zero-order valence-electron chi connectivity index (χ0n) is 19.8. The van der Waals surface area contributed by atoms with Crippen molar-refractivity contribution in [2.24, 2.45) is 0 Å². The first kappa shape index (κ1) is 21.5. The third-order valence-corrected chi connectivity index (χ3v) is 7.22. The highest BCUT2D eigenvalue weighted by molar-refractivity contribution is 6.02. The number of carbonyl (C=O) groups excluding carboxylic acids is 1. The molecule has 0 saturated carbocycles. The topological polar surface area (TPSA) is 44.8 Å². The van der Waals surface area contributed by atoms with Crippen LogP contribution in [0.2, 0.25) is 0 Å². The van der Waals surface area contributed by atoms with Crippen molar-refractivity contribution >= 4 is 16.6 Å². The second-order valence-electron chi connectivity index (χ2n) is 9.12. The molecule has 0 spiro atoms. The molecule has 4 aromatic carbocycles. The van der Waals surface area contributed by atoms with E-state index in [1.54, 1.807) is 14.2 Å². The van der Waals surface area contributed by atoms with E-state index in [-0.39, 0.29) is 17.6 Å². The van der Waals surface area contributed by atoms with Crippen molar-refractivity contribution < 1.29 is 19.0 Å². The van der Waals surface area contributed by atoms with Gasteiger partial charge in [-0.2, -0.15) is 0 Å². The molecular formula is C31H26O4. The van der Waals surface area contributed by atoms with Crippen molar-refractivity contribution in [2.45, 2.75) is 24.7 Å². The molecule has 0 amide bonds. The van der Waals surface area contributed by atoms with Crippen LogP contribution in [0.3, 0.4) is 0 Å². The van der Waals surface area contributed by atoms with E-state index < -0.39 is 0 Å². The number of fused-ring (bicyclic) bond motifs is 3. The van der Waals surface area contributed by atoms with Crippen LogP contribution in [-0.4, -0.2) is 20.0 Å². The van der Waals surface area contributed by atoms with Crippen molar-refractivity contribution in [3.63, 3.8) is 0 Å². The maximum Gasteiger partial charge on any atom is 0.163 e. The lowest BCUT2D eigenvalue weighted by molar-refractivity contribution is -0.117. The van der Waals surface area contributed by atoms with Crippen LogP contribution in [0.5, 0.6) is 17.2 Å². The minimum Gasteiger partial charge on any atom is -0.493 e. The lowest BCUT2D eigenvalue weighted by Crippen LogP contribution is -2.28. The van der Waals surface area contributed by atoms with E-state index in [2.05, 4.69) is 30.3 Å². The summed E-state index contributed by atoms with van der Waals surface area (Å²) in [6, 6.07) is 28.6. The minimum atomic E-state index is -0.246. The maximum absolute atomic E-state index is 13.8. The molecule has 0 saturated heterocycles. The highest BCUT2D eigenvalue weighted by atomic mass is 16.5. The normalized spacial score (nSPS) is 19.1. The molecule has 4 heteroatoms. The number of hydrogen-bond donors (Lipinski definition) is 0. The molecule has 1 heterocycles. The van der Waals surface area contributed by atoms with Gasteiger partial charge in [0.25, 0.3) is 0 Å². The largest absolute Gasteiger partial charge is 0.493 e. The van der Waals surface area contributed by atoms with Crippen molar-refractivity contribution in [2.75, 3.05) is 14.2 Å². The summed E-state index contributed by atoms with van der Waals surface area (Å²) in [5.74, 6) is 2.89. The molecule has 1 aliphatic carbocycles. The fraction of sp³-hybridized carbons (Fsp3) is 0.194. The zero-order valence-corrected chi connectivity index (χ0v) is 19.8. The number of Topliss-reactive ketones (excluding diaryl/α,β-unsaturated/α-hetero) is 1. The summed E-state index contributed by atoms with van der Waals surface area (Å²) in [6.45, 7) is 0. The Kier molecular flexibility index (Phi) is 5.29. The lowest BCUT2D eigenvalue weighted by Gasteiger charge is -2.36. The summed E-state index contributed by atoms with van der Waals surface area (Å²) in [5, 5.41) is 2.21. The predicted molar refractivity (Wildman–Crippen MR) is 136 cm³/mol. The van der Waals surface area contributed by atoms with Crippen LogP contribution in [0, 0.1) is 0 Å². The lowest BCUT2D eigenvalue weighted by atomic mass is 9.72. The van der Waals surface area contributed by atoms with Gasteiger partial charge >= 0.3 is 0 Å². The third-order valence-electron chi connectivity index (χ3n) is 7.22. The molecule has 1 aliphatic heterocycles. The quantitative estimate of drug-likeness (QED) is 0.335. The number of allylic oxidation sites excluding steroid dienone is 2. The van der Waals surface area contributed by atoms with Crippen molar-refractivity contribution in [3.05, 3.63) is 113 Å². The first-order valence-corrected chi connectivity index (χ1v) is 11.9. The smallest absolute Gasteiger partial charge is 0.163 e. The Labute approximate surface area is 204 Å². The number of benzene rings is 4. The van der Waals surface area contributed by atoms with Gasteiger partial charge < -0.3 is 14.2 Å². The molecule has 6 rings (SSSR count). The zero-order chi connectivity index (χ0) is 23.9. The molecule has 0 radical (unpaired) electrons. The summed E-state index contributed by atoms with van der Waals surface area (Å²) in [7, 11) is 3.26. The van der Waals surface area contributed by atoms with Gasteiger partial charge in [-0.05, 0) is 46.0 Å². The molecule has 2 aliphatic rings. The number of carbonyl (C=O) groups is 1. The number of rotatable bonds is 4. The predicted octanol–water partition coefficient (Wildman–Crippen LogP) is 6.78. The highest BCUT2D eigenvalue weighted by Crippen LogP contribution is 2.51. The van der Waals surface area contributed by atoms with E-state index in [1.807, 2.05) is 54.6 Å². The Morgan fingerprint density at radius 2 is 1.54 bits per heavy atom. The average Bonchev–Trinajstić information content (AvgIpc) is 2.91. The Hall–Kier alpha value is -4.05. The molecule has 0 fully saturated rings. The number of methoxy groups -OCH3 is 2. The van der Waals surface area contributed by atoms with Crippen LogP contribution in [0.25, 0.3) is 10.8 Å². The van der Waals surface area contributed by atoms with E-state index in [4.69, 9.17) is 14.2 Å². The van der Waals surface area contributed by atoms with Crippen molar-refractivity contribution in [1.82, 2.24) is 0 Å². The van der Waals surface area contributed by atoms with Gasteiger partial charge in [-0.1, -0.05) is 66.7 Å². The molecule has 174 valence electrons. The monoisotopic (exact) mass is 462 g/mol. The van der Waals surface area contributed by atoms with E-state index in [9.17, 15) is 4.79 Å². The summed E-state index contributed by atoms with van der Waals surface area (Å²) < 4.78 is 17.6. The van der Waals surface area contributed by atoms with E-state index in [0.717, 1.165) is 39.0 Å². The molecule has 4 aromatic rings. The molecule has 4 nitrogen and oxygen atoms in total. The summed E-state index contributed by atoms with van der Waals surface area (Å²) >= 11 is 0. The van der Waals surface area contributed by atoms with Crippen LogP contribution >= 0.6 is 0 Å². The van der Waals surface area contributed by atoms with E-state index in [1.165, 1.54) is 5.56 Å². The van der Waals surface area contributed by atoms with Gasteiger partial charge in [-0.3, -0.25) is 4.79 Å². The summed E-state index contributed by atoms with van der Waals surface area (Å²) in [5.41, 5.74) is 3.94. The minimum absolute atomic E-state index is 0.107. The SMILES string of the molecule is COc1ccc(C2C3=C(CC(c4ccccc4)CC3=O)Oc3ccc4ccccc4c32)cc1OC. The van der Waals surface area contributed by atoms with Crippen LogP contribution < -0.4 is 14.2 Å². The third kappa shape index (κ3) is 3.57. The fourth-order valence-electron chi connectivity index (χ4n) is 5.58. The van der Waals surface area contributed by atoms with Gasteiger partial charge in [0.1, 0.15) is 11.5 Å². The fourth-order valence-corrected chi connectivity index (χ4v) is 5.58. The van der Waals surface area contributed by atoms with Gasteiger partial charge in [0.05, 0.1) is 14.2 Å². The van der Waals surface area contributed by atoms with Crippen LogP contribution in [0.15, 0.2) is 96.3 Å². The van der Waals surface area contributed by atoms with Gasteiger partial charge in [-0.15, -0.1) is 0 Å². The van der Waals surface area contributed by atoms with Gasteiger partial charge in [-0.25, -0.2) is 0 Å².